The Morgan fingerprint density at radius 1 is 1.07 bits per heavy atom. The van der Waals surface area contributed by atoms with E-state index in [1.165, 1.54) is 6.07 Å². The number of hydrogen-bond acceptors (Lipinski definition) is 3. The molecule has 0 spiro atoms. The molecule has 0 unspecified atom stereocenters. The van der Waals surface area contributed by atoms with Crippen LogP contribution in [0.25, 0.3) is 10.9 Å². The molecule has 30 heavy (non-hydrogen) atoms. The van der Waals surface area contributed by atoms with Gasteiger partial charge in [0.25, 0.3) is 0 Å². The highest BCUT2D eigenvalue weighted by Crippen LogP contribution is 2.37. The average molecular weight is 469 g/mol. The third-order valence-electron chi connectivity index (χ3n) is 5.02. The summed E-state index contributed by atoms with van der Waals surface area (Å²) >= 11 is 3.46. The lowest BCUT2D eigenvalue weighted by molar-refractivity contribution is -0.481. The van der Waals surface area contributed by atoms with Gasteiger partial charge in [-0.3, -0.25) is 10.1 Å². The fourth-order valence-corrected chi connectivity index (χ4v) is 3.97. The van der Waals surface area contributed by atoms with Crippen molar-refractivity contribution >= 4 is 26.8 Å². The first-order valence-electron chi connectivity index (χ1n) is 9.36. The molecule has 0 aliphatic rings. The highest BCUT2D eigenvalue weighted by atomic mass is 79.9. The lowest BCUT2D eigenvalue weighted by Gasteiger charge is -2.18. The van der Waals surface area contributed by atoms with Gasteiger partial charge < -0.3 is 9.72 Å². The van der Waals surface area contributed by atoms with Gasteiger partial charge in [0.2, 0.25) is 6.54 Å². The second-order valence-electron chi connectivity index (χ2n) is 6.92. The van der Waals surface area contributed by atoms with Gasteiger partial charge in [-0.1, -0.05) is 52.3 Å². The number of ether oxygens (including phenoxy) is 1. The van der Waals surface area contributed by atoms with E-state index < -0.39 is 5.92 Å². The van der Waals surface area contributed by atoms with E-state index in [0.29, 0.717) is 16.9 Å². The van der Waals surface area contributed by atoms with Gasteiger partial charge in [-0.2, -0.15) is 0 Å². The van der Waals surface area contributed by atoms with Crippen LogP contribution in [0.3, 0.4) is 0 Å². The van der Waals surface area contributed by atoms with Crippen molar-refractivity contribution in [3.8, 4) is 5.75 Å². The summed E-state index contributed by atoms with van der Waals surface area (Å²) in [7, 11) is 0. The molecule has 0 aliphatic carbocycles. The minimum absolute atomic E-state index is 0.0281. The van der Waals surface area contributed by atoms with Crippen molar-refractivity contribution in [2.24, 2.45) is 0 Å². The molecule has 0 radical (unpaired) electrons. The zero-order valence-electron chi connectivity index (χ0n) is 15.8. The van der Waals surface area contributed by atoms with Gasteiger partial charge >= 0.3 is 0 Å². The van der Waals surface area contributed by atoms with Crippen molar-refractivity contribution in [1.82, 2.24) is 4.98 Å². The first kappa shape index (κ1) is 20.1. The van der Waals surface area contributed by atoms with Crippen molar-refractivity contribution in [2.45, 2.75) is 12.5 Å². The molecule has 0 saturated carbocycles. The summed E-state index contributed by atoms with van der Waals surface area (Å²) in [5.74, 6) is -0.405. The fourth-order valence-electron chi connectivity index (χ4n) is 3.59. The van der Waals surface area contributed by atoms with Crippen molar-refractivity contribution in [1.29, 1.82) is 0 Å². The van der Waals surface area contributed by atoms with Crippen molar-refractivity contribution in [3.05, 3.63) is 110 Å². The molecule has 7 heteroatoms. The zero-order chi connectivity index (χ0) is 21.1. The lowest BCUT2D eigenvalue weighted by atomic mass is 9.90. The molecular weight excluding hydrogens is 451 g/mol. The molecule has 1 N–H and O–H groups in total. The molecule has 1 aromatic heterocycles. The van der Waals surface area contributed by atoms with Gasteiger partial charge in [0.05, 0.1) is 5.92 Å². The number of aromatic amines is 1. The summed E-state index contributed by atoms with van der Waals surface area (Å²) in [4.78, 5) is 14.4. The predicted octanol–water partition coefficient (Wildman–Crippen LogP) is 6.06. The average Bonchev–Trinajstić information content (AvgIpc) is 3.16. The third kappa shape index (κ3) is 4.21. The second-order valence-corrected chi connectivity index (χ2v) is 7.84. The monoisotopic (exact) mass is 468 g/mol. The summed E-state index contributed by atoms with van der Waals surface area (Å²) in [5.41, 5.74) is 2.81. The van der Waals surface area contributed by atoms with Crippen molar-refractivity contribution in [2.75, 3.05) is 6.54 Å². The van der Waals surface area contributed by atoms with Crippen LogP contribution in [0.1, 0.15) is 22.6 Å². The number of fused-ring (bicyclic) bond motifs is 1. The molecule has 4 aromatic rings. The zero-order valence-corrected chi connectivity index (χ0v) is 17.4. The maximum atomic E-state index is 14.0. The molecule has 3 aromatic carbocycles. The van der Waals surface area contributed by atoms with Crippen LogP contribution in [0.5, 0.6) is 5.75 Å². The first-order chi connectivity index (χ1) is 14.5. The van der Waals surface area contributed by atoms with Crippen molar-refractivity contribution in [3.63, 3.8) is 0 Å². The summed E-state index contributed by atoms with van der Waals surface area (Å²) in [6, 6.07) is 19.5. The minimum atomic E-state index is -0.538. The Kier molecular flexibility index (Phi) is 5.81. The number of halogens is 2. The molecule has 0 bridgehead atoms. The van der Waals surface area contributed by atoms with E-state index in [-0.39, 0.29) is 23.9 Å². The van der Waals surface area contributed by atoms with E-state index in [0.717, 1.165) is 20.9 Å². The van der Waals surface area contributed by atoms with Gasteiger partial charge in [0.15, 0.2) is 0 Å². The van der Waals surface area contributed by atoms with Crippen LogP contribution < -0.4 is 4.74 Å². The highest BCUT2D eigenvalue weighted by Gasteiger charge is 2.26. The highest BCUT2D eigenvalue weighted by molar-refractivity contribution is 9.10. The maximum Gasteiger partial charge on any atom is 0.214 e. The summed E-state index contributed by atoms with van der Waals surface area (Å²) in [6.45, 7) is -0.269. The third-order valence-corrected chi connectivity index (χ3v) is 5.51. The predicted molar refractivity (Wildman–Crippen MR) is 117 cm³/mol. The van der Waals surface area contributed by atoms with Gasteiger partial charge in [0, 0.05) is 37.6 Å². The summed E-state index contributed by atoms with van der Waals surface area (Å²) in [6.07, 6.45) is 1.81. The first-order valence-corrected chi connectivity index (χ1v) is 10.2. The van der Waals surface area contributed by atoms with E-state index in [1.807, 2.05) is 30.3 Å². The fraction of sp³-hybridized carbons (Fsp3) is 0.130. The second kappa shape index (κ2) is 8.67. The smallest absolute Gasteiger partial charge is 0.214 e. The molecule has 5 nitrogen and oxygen atoms in total. The number of aromatic nitrogens is 1. The molecule has 1 atom stereocenters. The molecule has 0 amide bonds. The molecule has 4 rings (SSSR count). The van der Waals surface area contributed by atoms with Crippen LogP contribution >= 0.6 is 15.9 Å². The molecule has 152 valence electrons. The number of nitro groups is 1. The number of para-hydroxylation sites is 1. The van der Waals surface area contributed by atoms with Crippen LogP contribution in [0.2, 0.25) is 0 Å². The van der Waals surface area contributed by atoms with Crippen LogP contribution in [0.4, 0.5) is 4.39 Å². The van der Waals surface area contributed by atoms with Crippen LogP contribution in [-0.4, -0.2) is 16.5 Å². The Morgan fingerprint density at radius 2 is 1.83 bits per heavy atom. The topological polar surface area (TPSA) is 68.2 Å². The number of H-pyrrole nitrogens is 1. The quantitative estimate of drug-likeness (QED) is 0.264. The lowest BCUT2D eigenvalue weighted by Crippen LogP contribution is -2.15. The van der Waals surface area contributed by atoms with Gasteiger partial charge in [-0.15, -0.1) is 0 Å². The summed E-state index contributed by atoms with van der Waals surface area (Å²) in [5, 5.41) is 12.4. The largest absolute Gasteiger partial charge is 0.488 e. The van der Waals surface area contributed by atoms with E-state index in [9.17, 15) is 14.5 Å². The molecular formula is C23H18BrFN2O3. The minimum Gasteiger partial charge on any atom is -0.488 e. The maximum absolute atomic E-state index is 14.0. The number of nitrogens with zero attached hydrogens (tertiary/aromatic N) is 1. The summed E-state index contributed by atoms with van der Waals surface area (Å²) < 4.78 is 20.7. The van der Waals surface area contributed by atoms with Crippen LogP contribution in [0.15, 0.2) is 77.4 Å². The number of rotatable bonds is 7. The Labute approximate surface area is 180 Å². The van der Waals surface area contributed by atoms with Crippen molar-refractivity contribution < 1.29 is 14.1 Å². The molecule has 0 saturated heterocycles. The molecule has 0 fully saturated rings. The van der Waals surface area contributed by atoms with Gasteiger partial charge in [-0.25, -0.2) is 4.39 Å². The Hall–Kier alpha value is -3.19. The van der Waals surface area contributed by atoms with Crippen LogP contribution in [0, 0.1) is 15.9 Å². The van der Waals surface area contributed by atoms with Crippen LogP contribution in [-0.2, 0) is 6.61 Å². The van der Waals surface area contributed by atoms with Gasteiger partial charge in [-0.05, 0) is 35.9 Å². The van der Waals surface area contributed by atoms with E-state index in [1.54, 1.807) is 36.5 Å². The number of hydrogen-bond donors (Lipinski definition) is 1. The van der Waals surface area contributed by atoms with E-state index in [4.69, 9.17) is 4.74 Å². The normalized spacial score (nSPS) is 12.1. The Morgan fingerprint density at radius 3 is 2.63 bits per heavy atom. The standard InChI is InChI=1S/C23H18BrFN2O3/c24-16-9-10-23(30-14-15-5-1-3-7-21(15)25)18(11-16)20(13-27(28)29)19-12-26-22-8-4-2-6-17(19)22/h1-12,20,26H,13-14H2/t20-/m1/s1. The molecule has 1 heterocycles. The van der Waals surface area contributed by atoms with Gasteiger partial charge in [0.1, 0.15) is 18.2 Å². The molecule has 0 aliphatic heterocycles. The Bertz CT molecular complexity index is 1210. The SMILES string of the molecule is O=[N+]([O-])C[C@H](c1cc(Br)ccc1OCc1ccccc1F)c1c[nH]c2ccccc12. The Balaban J connectivity index is 1.76. The van der Waals surface area contributed by atoms with E-state index in [2.05, 4.69) is 20.9 Å². The van der Waals surface area contributed by atoms with E-state index >= 15 is 0 Å². The number of nitrogens with one attached hydrogen (secondary N) is 1. The number of benzene rings is 3.